The summed E-state index contributed by atoms with van der Waals surface area (Å²) in [5.74, 6) is -0.182. The molecule has 1 heterocycles. The van der Waals surface area contributed by atoms with Crippen LogP contribution < -0.4 is 11.1 Å². The van der Waals surface area contributed by atoms with Crippen molar-refractivity contribution in [2.45, 2.75) is 6.54 Å². The topological polar surface area (TPSA) is 77.2 Å². The van der Waals surface area contributed by atoms with Gasteiger partial charge in [0.25, 0.3) is 5.91 Å². The lowest BCUT2D eigenvalue weighted by Gasteiger charge is -2.00. The highest BCUT2D eigenvalue weighted by molar-refractivity contribution is 7.09. The van der Waals surface area contributed by atoms with Crippen molar-refractivity contribution in [3.05, 3.63) is 16.1 Å². The fourth-order valence-corrected chi connectivity index (χ4v) is 1.52. The number of rotatable bonds is 5. The Balaban J connectivity index is 2.44. The van der Waals surface area contributed by atoms with E-state index in [1.807, 2.05) is 0 Å². The molecule has 0 spiro atoms. The first-order valence-electron chi connectivity index (χ1n) is 4.19. The molecule has 5 nitrogen and oxygen atoms in total. The standard InChI is InChI=1S/C8H13N3O2S/c1-13-3-2-10-8(12)6-5-14-7(4-9)11-6/h5H,2-4,9H2,1H3,(H,10,12). The monoisotopic (exact) mass is 215 g/mol. The van der Waals surface area contributed by atoms with Crippen molar-refractivity contribution in [1.82, 2.24) is 10.3 Å². The van der Waals surface area contributed by atoms with Crippen molar-refractivity contribution in [1.29, 1.82) is 0 Å². The summed E-state index contributed by atoms with van der Waals surface area (Å²) in [6.07, 6.45) is 0. The number of nitrogens with zero attached hydrogens (tertiary/aromatic N) is 1. The highest BCUT2D eigenvalue weighted by atomic mass is 32.1. The maximum Gasteiger partial charge on any atom is 0.270 e. The van der Waals surface area contributed by atoms with Crippen molar-refractivity contribution in [2.24, 2.45) is 5.73 Å². The summed E-state index contributed by atoms with van der Waals surface area (Å²) >= 11 is 1.39. The predicted molar refractivity (Wildman–Crippen MR) is 54.2 cm³/mol. The lowest BCUT2D eigenvalue weighted by atomic mass is 10.4. The van der Waals surface area contributed by atoms with Crippen LogP contribution in [0.5, 0.6) is 0 Å². The number of ether oxygens (including phenoxy) is 1. The molecule has 0 aliphatic rings. The van der Waals surface area contributed by atoms with Gasteiger partial charge in [0.2, 0.25) is 0 Å². The van der Waals surface area contributed by atoms with E-state index in [2.05, 4.69) is 10.3 Å². The van der Waals surface area contributed by atoms with Gasteiger partial charge in [-0.15, -0.1) is 11.3 Å². The molecule has 0 fully saturated rings. The Bertz CT molecular complexity index is 301. The number of hydrogen-bond donors (Lipinski definition) is 2. The van der Waals surface area contributed by atoms with Gasteiger partial charge >= 0.3 is 0 Å². The molecular weight excluding hydrogens is 202 g/mol. The molecule has 0 radical (unpaired) electrons. The third kappa shape index (κ3) is 3.06. The highest BCUT2D eigenvalue weighted by Crippen LogP contribution is 2.08. The highest BCUT2D eigenvalue weighted by Gasteiger charge is 2.08. The van der Waals surface area contributed by atoms with Crippen LogP contribution in [0.3, 0.4) is 0 Å². The second kappa shape index (κ2) is 5.69. The minimum absolute atomic E-state index is 0.182. The molecule has 14 heavy (non-hydrogen) atoms. The third-order valence-electron chi connectivity index (χ3n) is 1.55. The average molecular weight is 215 g/mol. The van der Waals surface area contributed by atoms with Gasteiger partial charge in [-0.2, -0.15) is 0 Å². The van der Waals surface area contributed by atoms with E-state index in [0.29, 0.717) is 25.4 Å². The Labute approximate surface area is 86.3 Å². The van der Waals surface area contributed by atoms with Crippen LogP contribution in [0.1, 0.15) is 15.5 Å². The number of aromatic nitrogens is 1. The number of nitrogens with two attached hydrogens (primary N) is 1. The lowest BCUT2D eigenvalue weighted by molar-refractivity contribution is 0.0932. The summed E-state index contributed by atoms with van der Waals surface area (Å²) in [7, 11) is 1.58. The van der Waals surface area contributed by atoms with Crippen molar-refractivity contribution < 1.29 is 9.53 Å². The van der Waals surface area contributed by atoms with Gasteiger partial charge in [0, 0.05) is 25.6 Å². The minimum Gasteiger partial charge on any atom is -0.383 e. The van der Waals surface area contributed by atoms with Crippen molar-refractivity contribution in [3.8, 4) is 0 Å². The third-order valence-corrected chi connectivity index (χ3v) is 2.42. The van der Waals surface area contributed by atoms with Gasteiger partial charge in [0.05, 0.1) is 6.61 Å². The summed E-state index contributed by atoms with van der Waals surface area (Å²) in [6, 6.07) is 0. The molecule has 0 saturated heterocycles. The van der Waals surface area contributed by atoms with Gasteiger partial charge in [-0.3, -0.25) is 4.79 Å². The summed E-state index contributed by atoms with van der Waals surface area (Å²) in [6.45, 7) is 1.36. The summed E-state index contributed by atoms with van der Waals surface area (Å²) in [5, 5.41) is 5.14. The number of thiazole rings is 1. The molecule has 3 N–H and O–H groups in total. The molecule has 0 unspecified atom stereocenters. The van der Waals surface area contributed by atoms with Crippen LogP contribution in [0.15, 0.2) is 5.38 Å². The van der Waals surface area contributed by atoms with Gasteiger partial charge in [-0.05, 0) is 0 Å². The van der Waals surface area contributed by atoms with Gasteiger partial charge in [0.1, 0.15) is 10.7 Å². The predicted octanol–water partition coefficient (Wildman–Crippen LogP) is -0.0220. The number of amides is 1. The zero-order chi connectivity index (χ0) is 10.4. The van der Waals surface area contributed by atoms with Crippen LogP contribution in [0.4, 0.5) is 0 Å². The van der Waals surface area contributed by atoms with Gasteiger partial charge in [0.15, 0.2) is 0 Å². The number of carbonyl (C=O) groups excluding carboxylic acids is 1. The van der Waals surface area contributed by atoms with E-state index >= 15 is 0 Å². The van der Waals surface area contributed by atoms with Gasteiger partial charge in [-0.1, -0.05) is 0 Å². The van der Waals surface area contributed by atoms with E-state index in [0.717, 1.165) is 5.01 Å². The van der Waals surface area contributed by atoms with Crippen LogP contribution >= 0.6 is 11.3 Å². The molecule has 0 saturated carbocycles. The van der Waals surface area contributed by atoms with Crippen molar-refractivity contribution in [3.63, 3.8) is 0 Å². The van der Waals surface area contributed by atoms with E-state index in [-0.39, 0.29) is 5.91 Å². The van der Waals surface area contributed by atoms with E-state index < -0.39 is 0 Å². The first-order chi connectivity index (χ1) is 6.77. The maximum absolute atomic E-state index is 11.4. The molecule has 0 aliphatic carbocycles. The fourth-order valence-electron chi connectivity index (χ4n) is 0.866. The number of hydrogen-bond acceptors (Lipinski definition) is 5. The second-order valence-corrected chi connectivity index (χ2v) is 3.52. The summed E-state index contributed by atoms with van der Waals surface area (Å²) in [5.41, 5.74) is 5.80. The molecular formula is C8H13N3O2S. The van der Waals surface area contributed by atoms with Crippen LogP contribution in [-0.2, 0) is 11.3 Å². The molecule has 0 aromatic carbocycles. The smallest absolute Gasteiger partial charge is 0.270 e. The first-order valence-corrected chi connectivity index (χ1v) is 5.07. The Kier molecular flexibility index (Phi) is 4.51. The Morgan fingerprint density at radius 2 is 2.57 bits per heavy atom. The number of nitrogens with one attached hydrogen (secondary N) is 1. The largest absolute Gasteiger partial charge is 0.383 e. The number of carbonyl (C=O) groups is 1. The Morgan fingerprint density at radius 3 is 3.14 bits per heavy atom. The van der Waals surface area contributed by atoms with Crippen molar-refractivity contribution >= 4 is 17.2 Å². The lowest BCUT2D eigenvalue weighted by Crippen LogP contribution is -2.27. The molecule has 0 atom stereocenters. The average Bonchev–Trinajstić information content (AvgIpc) is 2.66. The van der Waals surface area contributed by atoms with Gasteiger partial charge < -0.3 is 15.8 Å². The SMILES string of the molecule is COCCNC(=O)c1csc(CN)n1. The summed E-state index contributed by atoms with van der Waals surface area (Å²) < 4.78 is 4.80. The van der Waals surface area contributed by atoms with E-state index in [4.69, 9.17) is 10.5 Å². The molecule has 1 aromatic rings. The van der Waals surface area contributed by atoms with Crippen LogP contribution in [0, 0.1) is 0 Å². The fraction of sp³-hybridized carbons (Fsp3) is 0.500. The van der Waals surface area contributed by atoms with Gasteiger partial charge in [-0.25, -0.2) is 4.98 Å². The summed E-state index contributed by atoms with van der Waals surface area (Å²) in [4.78, 5) is 15.4. The van der Waals surface area contributed by atoms with E-state index in [1.54, 1.807) is 12.5 Å². The molecule has 1 aromatic heterocycles. The first kappa shape index (κ1) is 11.1. The molecule has 0 aliphatic heterocycles. The Hall–Kier alpha value is -0.980. The van der Waals surface area contributed by atoms with E-state index in [1.165, 1.54) is 11.3 Å². The minimum atomic E-state index is -0.182. The van der Waals surface area contributed by atoms with Crippen LogP contribution in [0.2, 0.25) is 0 Å². The van der Waals surface area contributed by atoms with Crippen LogP contribution in [-0.4, -0.2) is 31.2 Å². The zero-order valence-corrected chi connectivity index (χ0v) is 8.76. The van der Waals surface area contributed by atoms with E-state index in [9.17, 15) is 4.79 Å². The van der Waals surface area contributed by atoms with Crippen LogP contribution in [0.25, 0.3) is 0 Å². The molecule has 78 valence electrons. The zero-order valence-electron chi connectivity index (χ0n) is 7.95. The maximum atomic E-state index is 11.4. The molecule has 0 bridgehead atoms. The van der Waals surface area contributed by atoms with Crippen molar-refractivity contribution in [2.75, 3.05) is 20.3 Å². The number of methoxy groups -OCH3 is 1. The normalized spacial score (nSPS) is 10.1. The molecule has 1 amide bonds. The Morgan fingerprint density at radius 1 is 1.79 bits per heavy atom. The molecule has 1 rings (SSSR count). The molecule has 6 heteroatoms. The second-order valence-electron chi connectivity index (χ2n) is 2.58. The quantitative estimate of drug-likeness (QED) is 0.677.